The zero-order valence-electron chi connectivity index (χ0n) is 5.80. The molecule has 1 saturated carbocycles. The molecule has 0 bridgehead atoms. The molecule has 4 heteroatoms. The van der Waals surface area contributed by atoms with E-state index >= 15 is 0 Å². The van der Waals surface area contributed by atoms with Gasteiger partial charge in [0.05, 0.1) is 0 Å². The van der Waals surface area contributed by atoms with E-state index < -0.39 is 6.03 Å². The van der Waals surface area contributed by atoms with Crippen molar-refractivity contribution in [3.8, 4) is 0 Å². The molecule has 0 aromatic rings. The van der Waals surface area contributed by atoms with Crippen LogP contribution in [-0.2, 0) is 0 Å². The quantitative estimate of drug-likeness (QED) is 0.597. The van der Waals surface area contributed by atoms with Crippen LogP contribution in [0.25, 0.3) is 0 Å². The molecule has 0 atom stereocenters. The minimum absolute atomic E-state index is 0.433. The molecule has 0 spiro atoms. The maximum Gasteiger partial charge on any atom is 0.322 e. The fourth-order valence-electron chi connectivity index (χ4n) is 1.15. The highest BCUT2D eigenvalue weighted by Crippen LogP contribution is 2.27. The van der Waals surface area contributed by atoms with Crippen molar-refractivity contribution in [2.24, 2.45) is 5.73 Å². The van der Waals surface area contributed by atoms with E-state index in [0.29, 0.717) is 5.25 Å². The van der Waals surface area contributed by atoms with E-state index in [-0.39, 0.29) is 0 Å². The number of nitrogens with two attached hydrogens (primary N) is 1. The summed E-state index contributed by atoms with van der Waals surface area (Å²) >= 11 is 1.47. The van der Waals surface area contributed by atoms with Gasteiger partial charge in [0.15, 0.2) is 0 Å². The van der Waals surface area contributed by atoms with Gasteiger partial charge in [-0.1, -0.05) is 12.8 Å². The van der Waals surface area contributed by atoms with Gasteiger partial charge >= 0.3 is 6.03 Å². The van der Waals surface area contributed by atoms with Crippen molar-refractivity contribution in [2.45, 2.75) is 30.9 Å². The molecule has 0 aliphatic heterocycles. The predicted octanol–water partition coefficient (Wildman–Crippen LogP) is 1.25. The van der Waals surface area contributed by atoms with Gasteiger partial charge in [-0.3, -0.25) is 4.72 Å². The molecule has 1 aliphatic carbocycles. The van der Waals surface area contributed by atoms with Crippen LogP contribution in [0.3, 0.4) is 0 Å². The van der Waals surface area contributed by atoms with Gasteiger partial charge in [-0.05, 0) is 24.8 Å². The Kier molecular flexibility index (Phi) is 2.86. The monoisotopic (exact) mass is 160 g/mol. The summed E-state index contributed by atoms with van der Waals surface area (Å²) in [5, 5.41) is 0.604. The summed E-state index contributed by atoms with van der Waals surface area (Å²) in [5.74, 6) is 0. The second kappa shape index (κ2) is 3.71. The van der Waals surface area contributed by atoms with Gasteiger partial charge in [0.1, 0.15) is 0 Å². The molecular formula is C6H12N2OS. The fourth-order valence-corrected chi connectivity index (χ4v) is 2.00. The fraction of sp³-hybridized carbons (Fsp3) is 0.833. The number of hydrogen-bond acceptors (Lipinski definition) is 2. The van der Waals surface area contributed by atoms with Crippen molar-refractivity contribution in [3.63, 3.8) is 0 Å². The van der Waals surface area contributed by atoms with Crippen molar-refractivity contribution in [2.75, 3.05) is 0 Å². The SMILES string of the molecule is NC(=O)NSC1CCCC1. The summed E-state index contributed by atoms with van der Waals surface area (Å²) < 4.78 is 2.54. The topological polar surface area (TPSA) is 55.1 Å². The summed E-state index contributed by atoms with van der Waals surface area (Å²) in [7, 11) is 0. The number of carbonyl (C=O) groups is 1. The van der Waals surface area contributed by atoms with Crippen LogP contribution in [0.4, 0.5) is 4.79 Å². The second-order valence-corrected chi connectivity index (χ2v) is 3.60. The Bertz CT molecular complexity index is 123. The van der Waals surface area contributed by atoms with Gasteiger partial charge in [-0.2, -0.15) is 0 Å². The lowest BCUT2D eigenvalue weighted by molar-refractivity contribution is 0.254. The number of urea groups is 1. The summed E-state index contributed by atoms with van der Waals surface area (Å²) in [4.78, 5) is 10.2. The maximum atomic E-state index is 10.2. The zero-order chi connectivity index (χ0) is 7.40. The molecule has 0 heterocycles. The maximum absolute atomic E-state index is 10.2. The standard InChI is InChI=1S/C6H12N2OS/c7-6(9)8-10-5-3-1-2-4-5/h5H,1-4H2,(H3,7,8,9). The summed E-state index contributed by atoms with van der Waals surface area (Å²) in [6.45, 7) is 0. The first-order valence-electron chi connectivity index (χ1n) is 3.50. The molecule has 1 rings (SSSR count). The Morgan fingerprint density at radius 2 is 2.10 bits per heavy atom. The molecular weight excluding hydrogens is 148 g/mol. The van der Waals surface area contributed by atoms with Crippen molar-refractivity contribution < 1.29 is 4.79 Å². The predicted molar refractivity (Wildman–Crippen MR) is 42.6 cm³/mol. The van der Waals surface area contributed by atoms with Gasteiger partial charge in [0.25, 0.3) is 0 Å². The van der Waals surface area contributed by atoms with E-state index in [9.17, 15) is 4.79 Å². The Morgan fingerprint density at radius 3 is 2.60 bits per heavy atom. The van der Waals surface area contributed by atoms with Gasteiger partial charge in [-0.15, -0.1) is 0 Å². The first-order chi connectivity index (χ1) is 4.79. The van der Waals surface area contributed by atoms with E-state index in [4.69, 9.17) is 5.73 Å². The molecule has 3 nitrogen and oxygen atoms in total. The number of amides is 2. The van der Waals surface area contributed by atoms with Crippen molar-refractivity contribution >= 4 is 18.0 Å². The lowest BCUT2D eigenvalue weighted by atomic mass is 10.4. The van der Waals surface area contributed by atoms with Crippen LogP contribution >= 0.6 is 11.9 Å². The van der Waals surface area contributed by atoms with Crippen molar-refractivity contribution in [1.29, 1.82) is 0 Å². The van der Waals surface area contributed by atoms with Gasteiger partial charge in [-0.25, -0.2) is 4.79 Å². The van der Waals surface area contributed by atoms with Crippen molar-refractivity contribution in [1.82, 2.24) is 4.72 Å². The molecule has 0 radical (unpaired) electrons. The highest BCUT2D eigenvalue weighted by Gasteiger charge is 2.15. The van der Waals surface area contributed by atoms with Crippen LogP contribution < -0.4 is 10.5 Å². The van der Waals surface area contributed by atoms with E-state index in [1.165, 1.54) is 37.6 Å². The van der Waals surface area contributed by atoms with E-state index in [2.05, 4.69) is 4.72 Å². The van der Waals surface area contributed by atoms with Crippen LogP contribution in [0.5, 0.6) is 0 Å². The highest BCUT2D eigenvalue weighted by atomic mass is 32.2. The van der Waals surface area contributed by atoms with Gasteiger partial charge < -0.3 is 5.73 Å². The Balaban J connectivity index is 2.07. The highest BCUT2D eigenvalue weighted by molar-refractivity contribution is 7.98. The Morgan fingerprint density at radius 1 is 1.50 bits per heavy atom. The normalized spacial score (nSPS) is 19.2. The third kappa shape index (κ3) is 2.47. The summed E-state index contributed by atoms with van der Waals surface area (Å²) in [5.41, 5.74) is 4.90. The molecule has 0 aromatic heterocycles. The molecule has 3 N–H and O–H groups in total. The number of hydrogen-bond donors (Lipinski definition) is 2. The molecule has 10 heavy (non-hydrogen) atoms. The number of rotatable bonds is 2. The van der Waals surface area contributed by atoms with Gasteiger partial charge in [0.2, 0.25) is 0 Å². The van der Waals surface area contributed by atoms with E-state index in [1.807, 2.05) is 0 Å². The third-order valence-electron chi connectivity index (χ3n) is 1.63. The number of primary amides is 1. The van der Waals surface area contributed by atoms with Gasteiger partial charge in [0, 0.05) is 5.25 Å². The van der Waals surface area contributed by atoms with Crippen LogP contribution in [0, 0.1) is 0 Å². The molecule has 0 saturated heterocycles. The number of carbonyl (C=O) groups excluding carboxylic acids is 1. The minimum Gasteiger partial charge on any atom is -0.351 e. The Labute approximate surface area is 64.9 Å². The zero-order valence-corrected chi connectivity index (χ0v) is 6.62. The lowest BCUT2D eigenvalue weighted by Crippen LogP contribution is -2.25. The van der Waals surface area contributed by atoms with Crippen LogP contribution in [0.15, 0.2) is 0 Å². The molecule has 0 unspecified atom stereocenters. The molecule has 58 valence electrons. The first-order valence-corrected chi connectivity index (χ1v) is 4.38. The van der Waals surface area contributed by atoms with Crippen molar-refractivity contribution in [3.05, 3.63) is 0 Å². The molecule has 1 aliphatic rings. The minimum atomic E-state index is -0.433. The third-order valence-corrected chi connectivity index (χ3v) is 2.75. The largest absolute Gasteiger partial charge is 0.351 e. The first kappa shape index (κ1) is 7.72. The molecule has 0 aromatic carbocycles. The number of nitrogens with one attached hydrogen (secondary N) is 1. The summed E-state index contributed by atoms with van der Waals surface area (Å²) in [6.07, 6.45) is 5.01. The van der Waals surface area contributed by atoms with E-state index in [1.54, 1.807) is 0 Å². The van der Waals surface area contributed by atoms with Crippen LogP contribution in [-0.4, -0.2) is 11.3 Å². The molecule has 2 amide bonds. The lowest BCUT2D eigenvalue weighted by Gasteiger charge is -2.06. The molecule has 1 fully saturated rings. The summed E-state index contributed by atoms with van der Waals surface area (Å²) in [6, 6.07) is -0.433. The smallest absolute Gasteiger partial charge is 0.322 e. The second-order valence-electron chi connectivity index (χ2n) is 2.49. The Hall–Kier alpha value is -0.380. The average molecular weight is 160 g/mol. The van der Waals surface area contributed by atoms with E-state index in [0.717, 1.165) is 0 Å². The van der Waals surface area contributed by atoms with Crippen LogP contribution in [0.2, 0.25) is 0 Å². The van der Waals surface area contributed by atoms with Crippen LogP contribution in [0.1, 0.15) is 25.7 Å². The average Bonchev–Trinajstić information content (AvgIpc) is 2.34.